The van der Waals surface area contributed by atoms with Crippen molar-refractivity contribution in [3.05, 3.63) is 23.3 Å². The molecule has 8 nitrogen and oxygen atoms in total. The van der Waals surface area contributed by atoms with Gasteiger partial charge in [0.2, 0.25) is 11.8 Å². The summed E-state index contributed by atoms with van der Waals surface area (Å²) < 4.78 is 1.66. The van der Waals surface area contributed by atoms with Crippen LogP contribution in [-0.2, 0) is 16.0 Å². The summed E-state index contributed by atoms with van der Waals surface area (Å²) in [6.07, 6.45) is 2.28. The Balaban J connectivity index is 2.00. The van der Waals surface area contributed by atoms with Crippen molar-refractivity contribution in [1.82, 2.24) is 30.2 Å². The fourth-order valence-corrected chi connectivity index (χ4v) is 2.46. The standard InChI is InChI=1S/C15H22N6O2/c1-5-16-14(23)10(3)19-13(22)7-6-12-9(2)20-15-17-8-18-21(15)11(12)4/h8,10H,5-7H2,1-4H3,(H,16,23)(H,19,22)/t10-/m0/s1. The van der Waals surface area contributed by atoms with Gasteiger partial charge >= 0.3 is 0 Å². The van der Waals surface area contributed by atoms with E-state index in [1.165, 1.54) is 6.33 Å². The molecule has 0 bridgehead atoms. The Morgan fingerprint density at radius 2 is 2.09 bits per heavy atom. The first kappa shape index (κ1) is 16.9. The predicted octanol–water partition coefficient (Wildman–Crippen LogP) is 0.315. The molecule has 0 aromatic carbocycles. The van der Waals surface area contributed by atoms with E-state index >= 15 is 0 Å². The largest absolute Gasteiger partial charge is 0.355 e. The minimum absolute atomic E-state index is 0.166. The Hall–Kier alpha value is -2.51. The number of carbonyl (C=O) groups is 2. The van der Waals surface area contributed by atoms with E-state index in [1.807, 2.05) is 20.8 Å². The van der Waals surface area contributed by atoms with E-state index in [1.54, 1.807) is 11.4 Å². The number of likely N-dealkylation sites (N-methyl/N-ethyl adjacent to an activating group) is 1. The number of nitrogens with one attached hydrogen (secondary N) is 2. The summed E-state index contributed by atoms with van der Waals surface area (Å²) >= 11 is 0. The first-order chi connectivity index (χ1) is 10.9. The second-order valence-electron chi connectivity index (χ2n) is 5.42. The number of hydrogen-bond acceptors (Lipinski definition) is 5. The number of hydrogen-bond donors (Lipinski definition) is 2. The number of aromatic nitrogens is 4. The number of amides is 2. The molecule has 2 N–H and O–H groups in total. The predicted molar refractivity (Wildman–Crippen MR) is 84.9 cm³/mol. The lowest BCUT2D eigenvalue weighted by Gasteiger charge is -2.14. The minimum Gasteiger partial charge on any atom is -0.355 e. The highest BCUT2D eigenvalue weighted by atomic mass is 16.2. The maximum Gasteiger partial charge on any atom is 0.252 e. The normalized spacial score (nSPS) is 12.2. The lowest BCUT2D eigenvalue weighted by atomic mass is 10.1. The highest BCUT2D eigenvalue weighted by Crippen LogP contribution is 2.14. The quantitative estimate of drug-likeness (QED) is 0.798. The van der Waals surface area contributed by atoms with Gasteiger partial charge in [0.25, 0.3) is 5.78 Å². The highest BCUT2D eigenvalue weighted by Gasteiger charge is 2.16. The zero-order chi connectivity index (χ0) is 17.0. The van der Waals surface area contributed by atoms with Crippen LogP contribution in [0.3, 0.4) is 0 Å². The van der Waals surface area contributed by atoms with Crippen LogP contribution < -0.4 is 10.6 Å². The van der Waals surface area contributed by atoms with Crippen LogP contribution in [0.15, 0.2) is 6.33 Å². The number of nitrogens with zero attached hydrogens (tertiary/aromatic N) is 4. The van der Waals surface area contributed by atoms with E-state index in [0.29, 0.717) is 18.7 Å². The van der Waals surface area contributed by atoms with E-state index < -0.39 is 6.04 Å². The fourth-order valence-electron chi connectivity index (χ4n) is 2.46. The van der Waals surface area contributed by atoms with Gasteiger partial charge in [0.05, 0.1) is 0 Å². The van der Waals surface area contributed by atoms with Gasteiger partial charge in [-0.2, -0.15) is 10.1 Å². The molecule has 0 saturated carbocycles. The van der Waals surface area contributed by atoms with Crippen LogP contribution in [0.1, 0.15) is 37.2 Å². The minimum atomic E-state index is -0.541. The Kier molecular flexibility index (Phi) is 5.25. The molecule has 0 aliphatic carbocycles. The summed E-state index contributed by atoms with van der Waals surface area (Å²) in [7, 11) is 0. The molecule has 1 atom stereocenters. The maximum absolute atomic E-state index is 12.0. The summed E-state index contributed by atoms with van der Waals surface area (Å²) in [5.74, 6) is 0.207. The van der Waals surface area contributed by atoms with Crippen LogP contribution in [0.5, 0.6) is 0 Å². The van der Waals surface area contributed by atoms with Gasteiger partial charge in [0, 0.05) is 24.4 Å². The van der Waals surface area contributed by atoms with Gasteiger partial charge in [-0.15, -0.1) is 0 Å². The van der Waals surface area contributed by atoms with Crippen LogP contribution >= 0.6 is 0 Å². The Bertz CT molecular complexity index is 724. The molecule has 0 spiro atoms. The molecule has 0 saturated heterocycles. The van der Waals surface area contributed by atoms with Gasteiger partial charge in [-0.1, -0.05) is 0 Å². The van der Waals surface area contributed by atoms with E-state index in [0.717, 1.165) is 17.0 Å². The van der Waals surface area contributed by atoms with Crippen LogP contribution in [0.2, 0.25) is 0 Å². The van der Waals surface area contributed by atoms with Crippen molar-refractivity contribution >= 4 is 17.6 Å². The third-order valence-corrected chi connectivity index (χ3v) is 3.71. The van der Waals surface area contributed by atoms with Crippen molar-refractivity contribution in [2.45, 2.75) is 46.6 Å². The van der Waals surface area contributed by atoms with Gasteiger partial charge in [0.15, 0.2) is 0 Å². The molecule has 2 aromatic heterocycles. The Morgan fingerprint density at radius 1 is 1.35 bits per heavy atom. The third-order valence-electron chi connectivity index (χ3n) is 3.71. The van der Waals surface area contributed by atoms with Crippen LogP contribution in [0, 0.1) is 13.8 Å². The molecule has 2 aromatic rings. The topological polar surface area (TPSA) is 101 Å². The molecule has 0 aliphatic heterocycles. The summed E-state index contributed by atoms with van der Waals surface area (Å²) in [5, 5.41) is 9.51. The Morgan fingerprint density at radius 3 is 2.78 bits per heavy atom. The number of carbonyl (C=O) groups excluding carboxylic acids is 2. The smallest absolute Gasteiger partial charge is 0.252 e. The molecule has 23 heavy (non-hydrogen) atoms. The van der Waals surface area contributed by atoms with Crippen LogP contribution in [-0.4, -0.2) is 44.0 Å². The molecule has 124 valence electrons. The van der Waals surface area contributed by atoms with E-state index in [2.05, 4.69) is 25.7 Å². The van der Waals surface area contributed by atoms with Crippen molar-refractivity contribution < 1.29 is 9.59 Å². The summed E-state index contributed by atoms with van der Waals surface area (Å²) in [4.78, 5) is 32.1. The van der Waals surface area contributed by atoms with E-state index in [-0.39, 0.29) is 18.2 Å². The highest BCUT2D eigenvalue weighted by molar-refractivity contribution is 5.87. The lowest BCUT2D eigenvalue weighted by Crippen LogP contribution is -2.44. The van der Waals surface area contributed by atoms with Crippen molar-refractivity contribution in [1.29, 1.82) is 0 Å². The fraction of sp³-hybridized carbons (Fsp3) is 0.533. The van der Waals surface area contributed by atoms with Crippen LogP contribution in [0.4, 0.5) is 0 Å². The van der Waals surface area contributed by atoms with E-state index in [4.69, 9.17) is 0 Å². The third kappa shape index (κ3) is 3.82. The molecule has 2 amide bonds. The number of aryl methyl sites for hydroxylation is 2. The van der Waals surface area contributed by atoms with Crippen molar-refractivity contribution in [3.8, 4) is 0 Å². The maximum atomic E-state index is 12.0. The van der Waals surface area contributed by atoms with Crippen molar-refractivity contribution in [2.75, 3.05) is 6.54 Å². The molecule has 0 radical (unpaired) electrons. The monoisotopic (exact) mass is 318 g/mol. The van der Waals surface area contributed by atoms with Gasteiger partial charge in [-0.05, 0) is 39.7 Å². The van der Waals surface area contributed by atoms with Gasteiger partial charge in [0.1, 0.15) is 12.4 Å². The SMILES string of the molecule is CCNC(=O)[C@H](C)NC(=O)CCc1c(C)nc2ncnn2c1C. The molecule has 0 fully saturated rings. The summed E-state index contributed by atoms with van der Waals surface area (Å²) in [6, 6.07) is -0.541. The Labute approximate surface area is 134 Å². The second-order valence-corrected chi connectivity index (χ2v) is 5.42. The zero-order valence-electron chi connectivity index (χ0n) is 13.9. The lowest BCUT2D eigenvalue weighted by molar-refractivity contribution is -0.128. The molecule has 8 heteroatoms. The van der Waals surface area contributed by atoms with Gasteiger partial charge < -0.3 is 10.6 Å². The summed E-state index contributed by atoms with van der Waals surface area (Å²) in [6.45, 7) is 7.88. The molecule has 0 aliphatic rings. The molecular formula is C15H22N6O2. The molecule has 2 heterocycles. The average Bonchev–Trinajstić information content (AvgIpc) is 2.95. The first-order valence-corrected chi connectivity index (χ1v) is 7.67. The zero-order valence-corrected chi connectivity index (χ0v) is 13.9. The number of fused-ring (bicyclic) bond motifs is 1. The summed E-state index contributed by atoms with van der Waals surface area (Å²) in [5.41, 5.74) is 2.74. The molecular weight excluding hydrogens is 296 g/mol. The van der Waals surface area contributed by atoms with Crippen molar-refractivity contribution in [3.63, 3.8) is 0 Å². The van der Waals surface area contributed by atoms with Gasteiger partial charge in [-0.25, -0.2) is 9.50 Å². The van der Waals surface area contributed by atoms with Crippen molar-refractivity contribution in [2.24, 2.45) is 0 Å². The molecule has 2 rings (SSSR count). The van der Waals surface area contributed by atoms with Crippen LogP contribution in [0.25, 0.3) is 5.78 Å². The van der Waals surface area contributed by atoms with Gasteiger partial charge in [-0.3, -0.25) is 9.59 Å². The number of rotatable bonds is 6. The average molecular weight is 318 g/mol. The first-order valence-electron chi connectivity index (χ1n) is 7.67. The van der Waals surface area contributed by atoms with E-state index in [9.17, 15) is 9.59 Å². The second kappa shape index (κ2) is 7.17. The molecule has 0 unspecified atom stereocenters.